The van der Waals surface area contributed by atoms with Gasteiger partial charge in [0.15, 0.2) is 0 Å². The van der Waals surface area contributed by atoms with Gasteiger partial charge in [0, 0.05) is 0 Å². The van der Waals surface area contributed by atoms with E-state index >= 15 is 0 Å². The molecular weight excluding hydrogens is 347 g/mol. The highest BCUT2D eigenvalue weighted by Gasteiger charge is 2.22. The maximum atomic E-state index is 11.8. The Bertz CT molecular complexity index is 478. The summed E-state index contributed by atoms with van der Waals surface area (Å²) in [7, 11) is -4.00. The fourth-order valence-corrected chi connectivity index (χ4v) is 3.74. The lowest BCUT2D eigenvalue weighted by Gasteiger charge is -2.12. The lowest BCUT2D eigenvalue weighted by molar-refractivity contribution is 0.199. The van der Waals surface area contributed by atoms with Gasteiger partial charge in [0.25, 0.3) is 0 Å². The minimum Gasteiger partial charge on any atom is -0.404 e. The number of unbranched alkanes of at least 4 members (excludes halogenated alkanes) is 12. The van der Waals surface area contributed by atoms with Crippen LogP contribution in [0.1, 0.15) is 90.4 Å². The van der Waals surface area contributed by atoms with E-state index in [1.807, 2.05) is 6.07 Å². The van der Waals surface area contributed by atoms with Crippen LogP contribution in [0.25, 0.3) is 0 Å². The van der Waals surface area contributed by atoms with E-state index in [1.54, 1.807) is 24.3 Å². The molecular formula is C21H37O4P. The van der Waals surface area contributed by atoms with E-state index in [2.05, 4.69) is 6.92 Å². The molecule has 1 atom stereocenters. The average Bonchev–Trinajstić information content (AvgIpc) is 2.62. The zero-order valence-corrected chi connectivity index (χ0v) is 17.3. The van der Waals surface area contributed by atoms with E-state index < -0.39 is 7.82 Å². The molecule has 1 unspecified atom stereocenters. The number of para-hydroxylation sites is 1. The average molecular weight is 384 g/mol. The number of rotatable bonds is 17. The van der Waals surface area contributed by atoms with Gasteiger partial charge in [-0.2, -0.15) is 0 Å². The molecule has 0 aliphatic rings. The smallest absolute Gasteiger partial charge is 0.404 e. The quantitative estimate of drug-likeness (QED) is 0.226. The molecule has 5 heteroatoms. The second-order valence-electron chi connectivity index (χ2n) is 6.95. The van der Waals surface area contributed by atoms with Crippen molar-refractivity contribution >= 4 is 7.82 Å². The zero-order chi connectivity index (χ0) is 18.9. The SMILES string of the molecule is CCCCCCCCCCCCCCCOP(=O)(O)Oc1ccccc1. The van der Waals surface area contributed by atoms with Gasteiger partial charge in [-0.15, -0.1) is 0 Å². The van der Waals surface area contributed by atoms with Crippen molar-refractivity contribution in [1.82, 2.24) is 0 Å². The Kier molecular flexibility index (Phi) is 13.6. The molecule has 0 saturated heterocycles. The van der Waals surface area contributed by atoms with Gasteiger partial charge >= 0.3 is 7.82 Å². The predicted molar refractivity (Wildman–Crippen MR) is 109 cm³/mol. The lowest BCUT2D eigenvalue weighted by Crippen LogP contribution is -1.99. The second-order valence-corrected chi connectivity index (χ2v) is 8.33. The van der Waals surface area contributed by atoms with E-state index in [0.717, 1.165) is 19.3 Å². The van der Waals surface area contributed by atoms with Crippen molar-refractivity contribution < 1.29 is 18.5 Å². The maximum Gasteiger partial charge on any atom is 0.527 e. The number of phosphoric ester groups is 1. The van der Waals surface area contributed by atoms with Crippen LogP contribution in [0.3, 0.4) is 0 Å². The fourth-order valence-electron chi connectivity index (χ4n) is 2.94. The molecule has 0 bridgehead atoms. The highest BCUT2D eigenvalue weighted by Crippen LogP contribution is 2.43. The second kappa shape index (κ2) is 15.2. The third-order valence-corrected chi connectivity index (χ3v) is 5.42. The highest BCUT2D eigenvalue weighted by atomic mass is 31.2. The largest absolute Gasteiger partial charge is 0.527 e. The molecule has 0 amide bonds. The number of phosphoric acid groups is 1. The molecule has 0 fully saturated rings. The van der Waals surface area contributed by atoms with Gasteiger partial charge in [-0.05, 0) is 18.6 Å². The zero-order valence-electron chi connectivity index (χ0n) is 16.4. The van der Waals surface area contributed by atoms with Crippen LogP contribution in [-0.4, -0.2) is 11.5 Å². The van der Waals surface area contributed by atoms with Crippen LogP contribution < -0.4 is 4.52 Å². The summed E-state index contributed by atoms with van der Waals surface area (Å²) in [5.41, 5.74) is 0. The molecule has 1 aromatic rings. The van der Waals surface area contributed by atoms with Crippen LogP contribution in [0.2, 0.25) is 0 Å². The Balaban J connectivity index is 1.88. The summed E-state index contributed by atoms with van der Waals surface area (Å²) in [5, 5.41) is 0. The minimum absolute atomic E-state index is 0.262. The molecule has 1 rings (SSSR count). The Morgan fingerprint density at radius 2 is 1.23 bits per heavy atom. The number of benzene rings is 1. The summed E-state index contributed by atoms with van der Waals surface area (Å²) in [5.74, 6) is 0.351. The van der Waals surface area contributed by atoms with Crippen molar-refractivity contribution in [1.29, 1.82) is 0 Å². The van der Waals surface area contributed by atoms with Gasteiger partial charge < -0.3 is 4.52 Å². The van der Waals surface area contributed by atoms with Crippen molar-refractivity contribution in [2.45, 2.75) is 90.4 Å². The van der Waals surface area contributed by atoms with E-state index in [1.165, 1.54) is 64.2 Å². The predicted octanol–water partition coefficient (Wildman–Crippen LogP) is 7.27. The van der Waals surface area contributed by atoms with Crippen LogP contribution in [0.4, 0.5) is 0 Å². The van der Waals surface area contributed by atoms with E-state index in [9.17, 15) is 9.46 Å². The minimum atomic E-state index is -4.00. The summed E-state index contributed by atoms with van der Waals surface area (Å²) in [6, 6.07) is 8.60. The van der Waals surface area contributed by atoms with Crippen molar-refractivity contribution in [3.63, 3.8) is 0 Å². The highest BCUT2D eigenvalue weighted by molar-refractivity contribution is 7.47. The molecule has 0 aliphatic heterocycles. The molecule has 150 valence electrons. The van der Waals surface area contributed by atoms with Gasteiger partial charge in [0.05, 0.1) is 6.61 Å². The van der Waals surface area contributed by atoms with Crippen LogP contribution in [0.15, 0.2) is 30.3 Å². The molecule has 0 aliphatic carbocycles. The van der Waals surface area contributed by atoms with Gasteiger partial charge in [0.1, 0.15) is 5.75 Å². The molecule has 26 heavy (non-hydrogen) atoms. The topological polar surface area (TPSA) is 55.8 Å². The van der Waals surface area contributed by atoms with Crippen molar-refractivity contribution in [2.24, 2.45) is 0 Å². The summed E-state index contributed by atoms with van der Waals surface area (Å²) in [6.07, 6.45) is 16.5. The first-order valence-corrected chi connectivity index (χ1v) is 11.9. The third kappa shape index (κ3) is 13.4. The molecule has 0 heterocycles. The van der Waals surface area contributed by atoms with Gasteiger partial charge in [-0.3, -0.25) is 9.42 Å². The maximum absolute atomic E-state index is 11.8. The summed E-state index contributed by atoms with van der Waals surface area (Å²) in [4.78, 5) is 9.67. The van der Waals surface area contributed by atoms with E-state index in [0.29, 0.717) is 5.75 Å². The first-order chi connectivity index (χ1) is 12.6. The molecule has 1 aromatic carbocycles. The van der Waals surface area contributed by atoms with Crippen LogP contribution in [-0.2, 0) is 9.09 Å². The number of hydrogen-bond donors (Lipinski definition) is 1. The summed E-state index contributed by atoms with van der Waals surface area (Å²) < 4.78 is 21.8. The molecule has 1 N–H and O–H groups in total. The van der Waals surface area contributed by atoms with Crippen molar-refractivity contribution in [3.05, 3.63) is 30.3 Å². The van der Waals surface area contributed by atoms with Crippen LogP contribution in [0, 0.1) is 0 Å². The van der Waals surface area contributed by atoms with Gasteiger partial charge in [-0.1, -0.05) is 102 Å². The molecule has 0 aromatic heterocycles. The Labute approximate surface area is 159 Å². The third-order valence-electron chi connectivity index (χ3n) is 4.47. The first-order valence-electron chi connectivity index (χ1n) is 10.4. The Hall–Kier alpha value is -0.830. The summed E-state index contributed by atoms with van der Waals surface area (Å²) in [6.45, 7) is 2.52. The Morgan fingerprint density at radius 1 is 0.769 bits per heavy atom. The van der Waals surface area contributed by atoms with E-state index in [-0.39, 0.29) is 6.61 Å². The van der Waals surface area contributed by atoms with Crippen molar-refractivity contribution in [3.8, 4) is 5.75 Å². The Morgan fingerprint density at radius 3 is 1.73 bits per heavy atom. The normalized spacial score (nSPS) is 13.5. The molecule has 4 nitrogen and oxygen atoms in total. The molecule has 0 radical (unpaired) electrons. The number of hydrogen-bond acceptors (Lipinski definition) is 3. The summed E-state index contributed by atoms with van der Waals surface area (Å²) >= 11 is 0. The molecule has 0 saturated carbocycles. The van der Waals surface area contributed by atoms with E-state index in [4.69, 9.17) is 9.05 Å². The lowest BCUT2D eigenvalue weighted by atomic mass is 10.0. The van der Waals surface area contributed by atoms with Crippen molar-refractivity contribution in [2.75, 3.05) is 6.61 Å². The van der Waals surface area contributed by atoms with Gasteiger partial charge in [0.2, 0.25) is 0 Å². The monoisotopic (exact) mass is 384 g/mol. The van der Waals surface area contributed by atoms with Gasteiger partial charge in [-0.25, -0.2) is 4.57 Å². The molecule has 0 spiro atoms. The standard InChI is InChI=1S/C21H37O4P/c1-2-3-4-5-6-7-8-9-10-11-12-13-17-20-24-26(22,23)25-21-18-15-14-16-19-21/h14-16,18-19H,2-13,17,20H2,1H3,(H,22,23). The first kappa shape index (κ1) is 23.2. The van der Waals surface area contributed by atoms with Crippen LogP contribution >= 0.6 is 7.82 Å². The fraction of sp³-hybridized carbons (Fsp3) is 0.714. The van der Waals surface area contributed by atoms with Crippen LogP contribution in [0.5, 0.6) is 5.75 Å².